The van der Waals surface area contributed by atoms with Crippen LogP contribution in [0.4, 0.5) is 25.0 Å². The molecule has 6 rings (SSSR count). The zero-order chi connectivity index (χ0) is 28.2. The van der Waals surface area contributed by atoms with Crippen molar-refractivity contribution in [1.29, 1.82) is 0 Å². The number of carbonyl (C=O) groups excluding carboxylic acids is 2. The Morgan fingerprint density at radius 3 is 2.60 bits per heavy atom. The number of ether oxygens (including phenoxy) is 1. The number of hydrogen-bond donors (Lipinski definition) is 3. The van der Waals surface area contributed by atoms with Crippen LogP contribution in [0.2, 0.25) is 0 Å². The zero-order valence-electron chi connectivity index (χ0n) is 22.0. The van der Waals surface area contributed by atoms with Crippen molar-refractivity contribution in [3.63, 3.8) is 0 Å². The van der Waals surface area contributed by atoms with Crippen LogP contribution in [0.5, 0.6) is 5.75 Å². The highest BCUT2D eigenvalue weighted by atomic mass is 35.5. The van der Waals surface area contributed by atoms with E-state index in [9.17, 15) is 18.4 Å². The Morgan fingerprint density at radius 1 is 1.20 bits per heavy atom. The van der Waals surface area contributed by atoms with Gasteiger partial charge in [0.2, 0.25) is 0 Å². The summed E-state index contributed by atoms with van der Waals surface area (Å²) < 4.78 is 30.2. The molecule has 3 heterocycles. The molecule has 3 amide bonds. The summed E-state index contributed by atoms with van der Waals surface area (Å²) in [5, 5.41) is 13.0. The first-order chi connectivity index (χ1) is 19.1. The van der Waals surface area contributed by atoms with Crippen molar-refractivity contribution in [2.24, 2.45) is 0 Å². The van der Waals surface area contributed by atoms with Gasteiger partial charge in [-0.15, -0.1) is 8.78 Å². The van der Waals surface area contributed by atoms with E-state index in [4.69, 9.17) is 11.6 Å². The summed E-state index contributed by atoms with van der Waals surface area (Å²) in [5.41, 5.74) is 0.836. The van der Waals surface area contributed by atoms with Crippen molar-refractivity contribution in [2.45, 2.75) is 56.3 Å². The van der Waals surface area contributed by atoms with Crippen LogP contribution < -0.4 is 20.3 Å². The van der Waals surface area contributed by atoms with Crippen molar-refractivity contribution in [1.82, 2.24) is 20.4 Å². The number of carbonyl (C=O) groups is 2. The maximum Gasteiger partial charge on any atom is 0.487 e. The van der Waals surface area contributed by atoms with E-state index in [1.807, 2.05) is 23.1 Å². The van der Waals surface area contributed by atoms with Crippen molar-refractivity contribution in [3.05, 3.63) is 59.8 Å². The lowest BCUT2D eigenvalue weighted by Crippen LogP contribution is -2.51. The zero-order valence-corrected chi connectivity index (χ0v) is 22.7. The number of H-pyrrole nitrogens is 1. The first-order valence-electron chi connectivity index (χ1n) is 13.3. The number of anilines is 2. The summed E-state index contributed by atoms with van der Waals surface area (Å²) >= 11 is 4.84. The van der Waals surface area contributed by atoms with Crippen molar-refractivity contribution in [2.75, 3.05) is 23.3 Å². The molecule has 2 aromatic carbocycles. The van der Waals surface area contributed by atoms with E-state index in [1.54, 1.807) is 6.20 Å². The second-order valence-electron chi connectivity index (χ2n) is 10.6. The maximum absolute atomic E-state index is 13.5. The molecule has 3 aliphatic rings. The fraction of sp³-hybridized carbons (Fsp3) is 0.393. The lowest BCUT2D eigenvalue weighted by molar-refractivity contribution is -0.0964. The molecule has 2 aliphatic heterocycles. The van der Waals surface area contributed by atoms with Crippen LogP contribution in [0.15, 0.2) is 48.7 Å². The molecule has 3 atom stereocenters. The van der Waals surface area contributed by atoms with E-state index in [-0.39, 0.29) is 41.7 Å². The number of urea groups is 1. The number of nitrogens with zero attached hydrogens (tertiary/aromatic N) is 3. The number of nitrogens with one attached hydrogen (secondary N) is 3. The highest BCUT2D eigenvalue weighted by Gasteiger charge is 2.52. The van der Waals surface area contributed by atoms with Crippen molar-refractivity contribution < 1.29 is 23.1 Å². The van der Waals surface area contributed by atoms with Crippen LogP contribution in [-0.2, 0) is 0 Å². The molecule has 1 saturated carbocycles. The van der Waals surface area contributed by atoms with E-state index in [1.165, 1.54) is 24.3 Å². The van der Waals surface area contributed by atoms with Gasteiger partial charge in [-0.25, -0.2) is 4.79 Å². The number of amides is 3. The second kappa shape index (κ2) is 9.96. The maximum atomic E-state index is 13.5. The molecule has 1 aromatic heterocycles. The van der Waals surface area contributed by atoms with Crippen LogP contribution in [0.3, 0.4) is 0 Å². The standard InChI is InChI=1S/C28H29ClF2N6O3/c1-15(2)37-24-20(19-7-8-23(25(19)37)36-12-11-32-27(36)39)13-16(14-21(24)22-9-10-33-35-22)26(38)34-17-3-5-18(6-4-17)40-28(29,30)31/h3-6,9-10,13-15,19,23,25H,7-8,11-12H2,1-2H3,(H,32,39)(H,33,35)(H,34,38). The molecule has 0 bridgehead atoms. The van der Waals surface area contributed by atoms with Crippen LogP contribution in [0.25, 0.3) is 11.3 Å². The minimum absolute atomic E-state index is 0.0228. The molecule has 0 spiro atoms. The molecular weight excluding hydrogens is 542 g/mol. The predicted molar refractivity (Wildman–Crippen MR) is 147 cm³/mol. The van der Waals surface area contributed by atoms with Gasteiger partial charge in [0, 0.05) is 59.7 Å². The molecule has 0 radical (unpaired) electrons. The van der Waals surface area contributed by atoms with Crippen LogP contribution in [-0.4, -0.2) is 63.8 Å². The summed E-state index contributed by atoms with van der Waals surface area (Å²) in [7, 11) is 0. The summed E-state index contributed by atoms with van der Waals surface area (Å²) in [6.45, 7) is 5.63. The number of hydrogen-bond acceptors (Lipinski definition) is 5. The van der Waals surface area contributed by atoms with Gasteiger partial charge in [-0.3, -0.25) is 9.89 Å². The summed E-state index contributed by atoms with van der Waals surface area (Å²) in [6.07, 6.45) is 3.46. The van der Waals surface area contributed by atoms with E-state index in [0.29, 0.717) is 24.3 Å². The molecule has 40 heavy (non-hydrogen) atoms. The Hall–Kier alpha value is -3.86. The normalized spacial score (nSPS) is 21.9. The number of aromatic nitrogens is 2. The average molecular weight is 571 g/mol. The summed E-state index contributed by atoms with van der Waals surface area (Å²) in [5.74, 6) is -0.314. The van der Waals surface area contributed by atoms with E-state index in [0.717, 1.165) is 35.3 Å². The minimum Gasteiger partial charge on any atom is -0.420 e. The van der Waals surface area contributed by atoms with Crippen LogP contribution >= 0.6 is 11.6 Å². The monoisotopic (exact) mass is 570 g/mol. The van der Waals surface area contributed by atoms with Crippen molar-refractivity contribution in [3.8, 4) is 17.0 Å². The third kappa shape index (κ3) is 4.72. The topological polar surface area (TPSA) is 103 Å². The average Bonchev–Trinajstić information content (AvgIpc) is 3.68. The smallest absolute Gasteiger partial charge is 0.420 e. The predicted octanol–water partition coefficient (Wildman–Crippen LogP) is 5.37. The number of fused-ring (bicyclic) bond motifs is 3. The van der Waals surface area contributed by atoms with E-state index >= 15 is 0 Å². The van der Waals surface area contributed by atoms with Gasteiger partial charge >= 0.3 is 11.6 Å². The Bertz CT molecular complexity index is 1430. The van der Waals surface area contributed by atoms with Gasteiger partial charge in [0.05, 0.1) is 23.5 Å². The number of halogens is 3. The molecule has 2 fully saturated rings. The van der Waals surface area contributed by atoms with E-state index in [2.05, 4.69) is 44.3 Å². The molecule has 9 nitrogen and oxygen atoms in total. The molecule has 3 unspecified atom stereocenters. The number of benzene rings is 2. The van der Waals surface area contributed by atoms with Gasteiger partial charge in [-0.1, -0.05) is 0 Å². The third-order valence-electron chi connectivity index (χ3n) is 7.94. The lowest BCUT2D eigenvalue weighted by atomic mass is 9.92. The highest BCUT2D eigenvalue weighted by Crippen LogP contribution is 2.54. The lowest BCUT2D eigenvalue weighted by Gasteiger charge is -2.38. The number of rotatable bonds is 7. The molecule has 12 heteroatoms. The SMILES string of the molecule is CC(C)N1c2c(-c3ccn[nH]3)cc(C(=O)Nc3ccc(OC(F)(F)Cl)cc3)cc2C2CCC(N3CCNC3=O)C21. The molecule has 1 aliphatic carbocycles. The van der Waals surface area contributed by atoms with Gasteiger partial charge in [0.25, 0.3) is 5.91 Å². The molecule has 3 N–H and O–H groups in total. The third-order valence-corrected chi connectivity index (χ3v) is 8.02. The first kappa shape index (κ1) is 26.4. The largest absolute Gasteiger partial charge is 0.487 e. The van der Waals surface area contributed by atoms with Gasteiger partial charge in [0.15, 0.2) is 0 Å². The van der Waals surface area contributed by atoms with Crippen LogP contribution in [0, 0.1) is 0 Å². The Kier molecular flexibility index (Phi) is 6.56. The first-order valence-corrected chi connectivity index (χ1v) is 13.7. The van der Waals surface area contributed by atoms with Gasteiger partial charge in [0.1, 0.15) is 5.75 Å². The molecule has 3 aromatic rings. The van der Waals surface area contributed by atoms with E-state index < -0.39 is 5.57 Å². The molecule has 210 valence electrons. The van der Waals surface area contributed by atoms with Crippen molar-refractivity contribution >= 4 is 34.9 Å². The van der Waals surface area contributed by atoms with Gasteiger partial charge in [-0.2, -0.15) is 5.10 Å². The quantitative estimate of drug-likeness (QED) is 0.332. The van der Waals surface area contributed by atoms with Gasteiger partial charge in [-0.05, 0) is 74.7 Å². The fourth-order valence-electron chi connectivity index (χ4n) is 6.49. The van der Waals surface area contributed by atoms with Gasteiger partial charge < -0.3 is 25.2 Å². The highest BCUT2D eigenvalue weighted by molar-refractivity contribution is 6.20. The second-order valence-corrected chi connectivity index (χ2v) is 11.1. The Morgan fingerprint density at radius 2 is 1.98 bits per heavy atom. The Balaban J connectivity index is 1.36. The van der Waals surface area contributed by atoms with Crippen LogP contribution in [0.1, 0.15) is 48.5 Å². The minimum atomic E-state index is -3.82. The molecule has 1 saturated heterocycles. The fourth-order valence-corrected chi connectivity index (χ4v) is 6.58. The Labute approximate surface area is 234 Å². The summed E-state index contributed by atoms with van der Waals surface area (Å²) in [4.78, 5) is 30.5. The number of aromatic amines is 1. The molecular formula is C28H29ClF2N6O3. The summed E-state index contributed by atoms with van der Waals surface area (Å²) in [6, 6.07) is 11.5. The number of alkyl halides is 3.